The number of carbonyl (C=O) groups excluding carboxylic acids is 1. The summed E-state index contributed by atoms with van der Waals surface area (Å²) in [4.78, 5) is 24.7. The maximum absolute atomic E-state index is 12.0. The summed E-state index contributed by atoms with van der Waals surface area (Å²) in [5.74, 6) is -0.837. The van der Waals surface area contributed by atoms with Crippen molar-refractivity contribution >= 4 is 12.0 Å². The number of aliphatic carboxylic acids is 1. The van der Waals surface area contributed by atoms with Gasteiger partial charge in [0.1, 0.15) is 0 Å². The lowest BCUT2D eigenvalue weighted by atomic mass is 9.90. The number of hydrogen-bond donors (Lipinski definition) is 2. The molecular formula is C13H22N2O3. The van der Waals surface area contributed by atoms with Crippen LogP contribution in [0, 0.1) is 5.41 Å². The molecule has 1 aliphatic rings. The number of nitrogens with one attached hydrogen (secondary N) is 1. The van der Waals surface area contributed by atoms with Crippen LogP contribution in [0.1, 0.15) is 33.1 Å². The molecule has 0 aliphatic carbocycles. The Morgan fingerprint density at radius 2 is 2.28 bits per heavy atom. The summed E-state index contributed by atoms with van der Waals surface area (Å²) >= 11 is 0. The van der Waals surface area contributed by atoms with E-state index in [0.29, 0.717) is 13.0 Å². The Morgan fingerprint density at radius 1 is 1.61 bits per heavy atom. The number of amides is 2. The normalized spacial score (nSPS) is 24.7. The van der Waals surface area contributed by atoms with E-state index >= 15 is 0 Å². The summed E-state index contributed by atoms with van der Waals surface area (Å²) in [6, 6.07) is -0.0969. The molecule has 2 atom stereocenters. The zero-order valence-corrected chi connectivity index (χ0v) is 11.1. The van der Waals surface area contributed by atoms with Crippen LogP contribution in [0.25, 0.3) is 0 Å². The molecule has 0 aromatic carbocycles. The monoisotopic (exact) mass is 254 g/mol. The van der Waals surface area contributed by atoms with Crippen LogP contribution in [0.3, 0.4) is 0 Å². The fourth-order valence-electron chi connectivity index (χ4n) is 2.10. The molecular weight excluding hydrogens is 232 g/mol. The molecule has 1 saturated heterocycles. The lowest BCUT2D eigenvalue weighted by molar-refractivity contribution is -0.146. The molecule has 0 bridgehead atoms. The highest BCUT2D eigenvalue weighted by atomic mass is 16.4. The van der Waals surface area contributed by atoms with E-state index in [0.717, 1.165) is 12.8 Å². The third-order valence-electron chi connectivity index (χ3n) is 3.55. The van der Waals surface area contributed by atoms with Gasteiger partial charge in [-0.15, -0.1) is 6.58 Å². The van der Waals surface area contributed by atoms with Gasteiger partial charge in [0.2, 0.25) is 0 Å². The van der Waals surface area contributed by atoms with Crippen molar-refractivity contribution < 1.29 is 14.7 Å². The number of likely N-dealkylation sites (tertiary alicyclic amines) is 1. The van der Waals surface area contributed by atoms with Crippen LogP contribution in [0.5, 0.6) is 0 Å². The summed E-state index contributed by atoms with van der Waals surface area (Å²) in [6.45, 7) is 8.12. The second-order valence-electron chi connectivity index (χ2n) is 5.12. The van der Waals surface area contributed by atoms with E-state index in [9.17, 15) is 9.59 Å². The Balaban J connectivity index is 2.54. The van der Waals surface area contributed by atoms with Gasteiger partial charge in [-0.05, 0) is 26.2 Å². The SMILES string of the molecule is C=CCC(CC)NC(=O)N1CCC(C)(C(=O)O)C1. The first-order valence-electron chi connectivity index (χ1n) is 6.32. The van der Waals surface area contributed by atoms with E-state index in [1.54, 1.807) is 17.9 Å². The Bertz CT molecular complexity index is 343. The van der Waals surface area contributed by atoms with Gasteiger partial charge in [-0.25, -0.2) is 4.79 Å². The van der Waals surface area contributed by atoms with Gasteiger partial charge >= 0.3 is 12.0 Å². The van der Waals surface area contributed by atoms with E-state index in [1.807, 2.05) is 6.92 Å². The van der Waals surface area contributed by atoms with E-state index in [-0.39, 0.29) is 18.6 Å². The minimum Gasteiger partial charge on any atom is -0.481 e. The molecule has 102 valence electrons. The number of carboxylic acids is 1. The Labute approximate surface area is 108 Å². The average molecular weight is 254 g/mol. The summed E-state index contributed by atoms with van der Waals surface area (Å²) in [7, 11) is 0. The van der Waals surface area contributed by atoms with Gasteiger partial charge in [0.25, 0.3) is 0 Å². The third kappa shape index (κ3) is 3.24. The van der Waals surface area contributed by atoms with E-state index in [2.05, 4.69) is 11.9 Å². The van der Waals surface area contributed by atoms with Crippen LogP contribution < -0.4 is 5.32 Å². The zero-order valence-electron chi connectivity index (χ0n) is 11.1. The first kappa shape index (κ1) is 14.5. The molecule has 0 aromatic heterocycles. The van der Waals surface area contributed by atoms with Crippen LogP contribution in [0.15, 0.2) is 12.7 Å². The lowest BCUT2D eigenvalue weighted by Crippen LogP contribution is -2.44. The van der Waals surface area contributed by atoms with Crippen LogP contribution in [0.2, 0.25) is 0 Å². The summed E-state index contributed by atoms with van der Waals surface area (Å²) in [5, 5.41) is 12.0. The number of hydrogen-bond acceptors (Lipinski definition) is 2. The second-order valence-corrected chi connectivity index (χ2v) is 5.12. The second kappa shape index (κ2) is 5.89. The summed E-state index contributed by atoms with van der Waals surface area (Å²) in [5.41, 5.74) is -0.808. The summed E-state index contributed by atoms with van der Waals surface area (Å²) in [6.07, 6.45) is 3.85. The predicted octanol–water partition coefficient (Wildman–Crippen LogP) is 1.85. The molecule has 0 radical (unpaired) electrons. The van der Waals surface area contributed by atoms with Crippen LogP contribution in [-0.2, 0) is 4.79 Å². The molecule has 2 N–H and O–H groups in total. The molecule has 1 aliphatic heterocycles. The highest BCUT2D eigenvalue weighted by Crippen LogP contribution is 2.30. The smallest absolute Gasteiger partial charge is 0.317 e. The molecule has 1 fully saturated rings. The van der Waals surface area contributed by atoms with Gasteiger partial charge in [0.15, 0.2) is 0 Å². The van der Waals surface area contributed by atoms with Crippen LogP contribution in [0.4, 0.5) is 4.79 Å². The van der Waals surface area contributed by atoms with E-state index < -0.39 is 11.4 Å². The highest BCUT2D eigenvalue weighted by molar-refractivity contribution is 5.79. The Kier molecular flexibility index (Phi) is 4.76. The number of carboxylic acid groups (broad SMARTS) is 1. The molecule has 2 unspecified atom stereocenters. The van der Waals surface area contributed by atoms with Crippen molar-refractivity contribution in [2.45, 2.75) is 39.2 Å². The average Bonchev–Trinajstić information content (AvgIpc) is 2.73. The molecule has 5 nitrogen and oxygen atoms in total. The number of carbonyl (C=O) groups is 2. The number of urea groups is 1. The van der Waals surface area contributed by atoms with Crippen molar-refractivity contribution in [2.75, 3.05) is 13.1 Å². The first-order valence-corrected chi connectivity index (χ1v) is 6.32. The van der Waals surface area contributed by atoms with Gasteiger partial charge in [-0.1, -0.05) is 13.0 Å². The van der Waals surface area contributed by atoms with Crippen LogP contribution >= 0.6 is 0 Å². The van der Waals surface area contributed by atoms with E-state index in [1.165, 1.54) is 0 Å². The maximum atomic E-state index is 12.0. The molecule has 1 rings (SSSR count). The van der Waals surface area contributed by atoms with Gasteiger partial charge in [-0.3, -0.25) is 4.79 Å². The quantitative estimate of drug-likeness (QED) is 0.736. The number of nitrogens with zero attached hydrogens (tertiary/aromatic N) is 1. The van der Waals surface area contributed by atoms with Gasteiger partial charge in [0.05, 0.1) is 5.41 Å². The van der Waals surface area contributed by atoms with Gasteiger partial charge in [0, 0.05) is 19.1 Å². The molecule has 1 heterocycles. The topological polar surface area (TPSA) is 69.6 Å². The van der Waals surface area contributed by atoms with Crippen molar-refractivity contribution in [3.05, 3.63) is 12.7 Å². The van der Waals surface area contributed by atoms with Crippen molar-refractivity contribution in [1.29, 1.82) is 0 Å². The van der Waals surface area contributed by atoms with Crippen LogP contribution in [-0.4, -0.2) is 41.1 Å². The first-order chi connectivity index (χ1) is 8.42. The fraction of sp³-hybridized carbons (Fsp3) is 0.692. The zero-order chi connectivity index (χ0) is 13.8. The van der Waals surface area contributed by atoms with Gasteiger partial charge < -0.3 is 15.3 Å². The Morgan fingerprint density at radius 3 is 2.72 bits per heavy atom. The van der Waals surface area contributed by atoms with Gasteiger partial charge in [-0.2, -0.15) is 0 Å². The third-order valence-corrected chi connectivity index (χ3v) is 3.55. The largest absolute Gasteiger partial charge is 0.481 e. The number of rotatable bonds is 5. The molecule has 18 heavy (non-hydrogen) atoms. The molecule has 0 spiro atoms. The van der Waals surface area contributed by atoms with Crippen molar-refractivity contribution in [1.82, 2.24) is 10.2 Å². The molecule has 0 aromatic rings. The standard InChI is InChI=1S/C13H22N2O3/c1-4-6-10(5-2)14-12(18)15-8-7-13(3,9-15)11(16)17/h4,10H,1,5-9H2,2-3H3,(H,14,18)(H,16,17). The lowest BCUT2D eigenvalue weighted by Gasteiger charge is -2.23. The minimum atomic E-state index is -0.837. The summed E-state index contributed by atoms with van der Waals surface area (Å²) < 4.78 is 0. The van der Waals surface area contributed by atoms with Crippen molar-refractivity contribution in [2.24, 2.45) is 5.41 Å². The fourth-order valence-corrected chi connectivity index (χ4v) is 2.10. The van der Waals surface area contributed by atoms with Crippen molar-refractivity contribution in [3.8, 4) is 0 Å². The molecule has 0 saturated carbocycles. The molecule has 5 heteroatoms. The minimum absolute atomic E-state index is 0.0756. The van der Waals surface area contributed by atoms with E-state index in [4.69, 9.17) is 5.11 Å². The highest BCUT2D eigenvalue weighted by Gasteiger charge is 2.42. The molecule has 2 amide bonds. The predicted molar refractivity (Wildman–Crippen MR) is 69.4 cm³/mol. The van der Waals surface area contributed by atoms with Crippen molar-refractivity contribution in [3.63, 3.8) is 0 Å². The Hall–Kier alpha value is -1.52. The maximum Gasteiger partial charge on any atom is 0.317 e.